The van der Waals surface area contributed by atoms with Crippen molar-refractivity contribution in [3.05, 3.63) is 26.8 Å². The van der Waals surface area contributed by atoms with E-state index in [0.29, 0.717) is 0 Å². The van der Waals surface area contributed by atoms with Crippen molar-refractivity contribution in [2.45, 2.75) is 20.8 Å². The van der Waals surface area contributed by atoms with Crippen LogP contribution in [0.2, 0.25) is 0 Å². The summed E-state index contributed by atoms with van der Waals surface area (Å²) in [4.78, 5) is 0. The summed E-state index contributed by atoms with van der Waals surface area (Å²) >= 11 is 2.34. The average molecular weight is 276 g/mol. The maximum Gasteiger partial charge on any atom is 0.122 e. The topological polar surface area (TPSA) is 9.23 Å². The van der Waals surface area contributed by atoms with Gasteiger partial charge in [0.25, 0.3) is 0 Å². The summed E-state index contributed by atoms with van der Waals surface area (Å²) in [6.07, 6.45) is 0. The fourth-order valence-corrected chi connectivity index (χ4v) is 1.66. The SMILES string of the molecule is CCOc1ccc(I)c(C)c1C. The molecular formula is C10H13IO. The van der Waals surface area contributed by atoms with Gasteiger partial charge in [0.2, 0.25) is 0 Å². The minimum absolute atomic E-state index is 0.737. The first-order valence-electron chi connectivity index (χ1n) is 4.05. The third kappa shape index (κ3) is 1.91. The van der Waals surface area contributed by atoms with E-state index in [1.807, 2.05) is 13.0 Å². The molecule has 0 fully saturated rings. The van der Waals surface area contributed by atoms with Crippen LogP contribution in [-0.2, 0) is 0 Å². The number of rotatable bonds is 2. The number of benzene rings is 1. The lowest BCUT2D eigenvalue weighted by Crippen LogP contribution is -1.96. The average Bonchev–Trinajstić information content (AvgIpc) is 2.07. The van der Waals surface area contributed by atoms with Gasteiger partial charge in [-0.2, -0.15) is 0 Å². The molecule has 0 amide bonds. The Labute approximate surface area is 87.3 Å². The van der Waals surface area contributed by atoms with Crippen molar-refractivity contribution < 1.29 is 4.74 Å². The molecule has 0 atom stereocenters. The first kappa shape index (κ1) is 9.84. The van der Waals surface area contributed by atoms with Crippen LogP contribution in [0.1, 0.15) is 18.1 Å². The van der Waals surface area contributed by atoms with Crippen LogP contribution in [0.15, 0.2) is 12.1 Å². The Hall–Kier alpha value is -0.250. The molecule has 1 aromatic rings. The van der Waals surface area contributed by atoms with Crippen LogP contribution < -0.4 is 4.74 Å². The molecular weight excluding hydrogens is 263 g/mol. The van der Waals surface area contributed by atoms with Crippen LogP contribution >= 0.6 is 22.6 Å². The van der Waals surface area contributed by atoms with E-state index >= 15 is 0 Å². The summed E-state index contributed by atoms with van der Waals surface area (Å²) in [5.41, 5.74) is 2.57. The zero-order valence-electron chi connectivity index (χ0n) is 7.65. The third-order valence-electron chi connectivity index (χ3n) is 1.97. The molecule has 0 bridgehead atoms. The van der Waals surface area contributed by atoms with Crippen molar-refractivity contribution in [1.82, 2.24) is 0 Å². The van der Waals surface area contributed by atoms with Gasteiger partial charge in [-0.15, -0.1) is 0 Å². The minimum atomic E-state index is 0.737. The molecule has 2 heteroatoms. The van der Waals surface area contributed by atoms with E-state index in [-0.39, 0.29) is 0 Å². The summed E-state index contributed by atoms with van der Waals surface area (Å²) < 4.78 is 6.77. The predicted molar refractivity (Wildman–Crippen MR) is 59.8 cm³/mol. The van der Waals surface area contributed by atoms with Crippen LogP contribution in [0.25, 0.3) is 0 Å². The lowest BCUT2D eigenvalue weighted by molar-refractivity contribution is 0.337. The van der Waals surface area contributed by atoms with Crippen LogP contribution in [0.5, 0.6) is 5.75 Å². The molecule has 66 valence electrons. The highest BCUT2D eigenvalue weighted by molar-refractivity contribution is 14.1. The summed E-state index contributed by atoms with van der Waals surface area (Å²) in [5, 5.41) is 0. The molecule has 1 aromatic carbocycles. The zero-order chi connectivity index (χ0) is 9.14. The second-order valence-electron chi connectivity index (χ2n) is 2.73. The largest absolute Gasteiger partial charge is 0.494 e. The van der Waals surface area contributed by atoms with Crippen LogP contribution in [0.4, 0.5) is 0 Å². The van der Waals surface area contributed by atoms with Gasteiger partial charge in [0.1, 0.15) is 5.75 Å². The van der Waals surface area contributed by atoms with E-state index in [9.17, 15) is 0 Å². The Morgan fingerprint density at radius 3 is 2.50 bits per heavy atom. The third-order valence-corrected chi connectivity index (χ3v) is 3.14. The van der Waals surface area contributed by atoms with Gasteiger partial charge in [-0.3, -0.25) is 0 Å². The maximum atomic E-state index is 5.47. The lowest BCUT2D eigenvalue weighted by Gasteiger charge is -2.10. The zero-order valence-corrected chi connectivity index (χ0v) is 9.81. The quantitative estimate of drug-likeness (QED) is 0.753. The van der Waals surface area contributed by atoms with Gasteiger partial charge in [0.15, 0.2) is 0 Å². The van der Waals surface area contributed by atoms with E-state index in [4.69, 9.17) is 4.74 Å². The van der Waals surface area contributed by atoms with Crippen molar-refractivity contribution in [3.8, 4) is 5.75 Å². The normalized spacial score (nSPS) is 10.0. The molecule has 0 aliphatic carbocycles. The Bertz CT molecular complexity index is 281. The van der Waals surface area contributed by atoms with E-state index in [1.165, 1.54) is 14.7 Å². The van der Waals surface area contributed by atoms with Gasteiger partial charge in [0.05, 0.1) is 6.61 Å². The highest BCUT2D eigenvalue weighted by Gasteiger charge is 2.03. The molecule has 0 saturated heterocycles. The fourth-order valence-electron chi connectivity index (χ4n) is 1.07. The molecule has 0 aromatic heterocycles. The predicted octanol–water partition coefficient (Wildman–Crippen LogP) is 3.31. The van der Waals surface area contributed by atoms with Crippen molar-refractivity contribution >= 4 is 22.6 Å². The monoisotopic (exact) mass is 276 g/mol. The van der Waals surface area contributed by atoms with Gasteiger partial charge in [-0.05, 0) is 66.6 Å². The summed E-state index contributed by atoms with van der Waals surface area (Å²) in [6, 6.07) is 4.13. The summed E-state index contributed by atoms with van der Waals surface area (Å²) in [6.45, 7) is 6.97. The first-order valence-corrected chi connectivity index (χ1v) is 5.13. The molecule has 0 saturated carbocycles. The van der Waals surface area contributed by atoms with Gasteiger partial charge in [-0.25, -0.2) is 0 Å². The Morgan fingerprint density at radius 1 is 1.25 bits per heavy atom. The second kappa shape index (κ2) is 4.12. The second-order valence-corrected chi connectivity index (χ2v) is 3.89. The molecule has 0 radical (unpaired) electrons. The fraction of sp³-hybridized carbons (Fsp3) is 0.400. The smallest absolute Gasteiger partial charge is 0.122 e. The van der Waals surface area contributed by atoms with Gasteiger partial charge >= 0.3 is 0 Å². The highest BCUT2D eigenvalue weighted by atomic mass is 127. The highest BCUT2D eigenvalue weighted by Crippen LogP contribution is 2.24. The number of hydrogen-bond acceptors (Lipinski definition) is 1. The van der Waals surface area contributed by atoms with E-state index < -0.39 is 0 Å². The van der Waals surface area contributed by atoms with Crippen molar-refractivity contribution in [2.75, 3.05) is 6.61 Å². The van der Waals surface area contributed by atoms with Crippen LogP contribution in [0.3, 0.4) is 0 Å². The number of hydrogen-bond donors (Lipinski definition) is 0. The lowest BCUT2D eigenvalue weighted by atomic mass is 10.1. The molecule has 0 unspecified atom stereocenters. The number of ether oxygens (including phenoxy) is 1. The molecule has 12 heavy (non-hydrogen) atoms. The van der Waals surface area contributed by atoms with Crippen molar-refractivity contribution in [3.63, 3.8) is 0 Å². The molecule has 0 N–H and O–H groups in total. The van der Waals surface area contributed by atoms with E-state index in [1.54, 1.807) is 0 Å². The van der Waals surface area contributed by atoms with Gasteiger partial charge in [0, 0.05) is 3.57 Å². The van der Waals surface area contributed by atoms with Crippen LogP contribution in [0, 0.1) is 17.4 Å². The Balaban J connectivity index is 3.08. The van der Waals surface area contributed by atoms with E-state index in [2.05, 4.69) is 42.5 Å². The van der Waals surface area contributed by atoms with Gasteiger partial charge in [-0.1, -0.05) is 0 Å². The van der Waals surface area contributed by atoms with E-state index in [0.717, 1.165) is 12.4 Å². The summed E-state index contributed by atoms with van der Waals surface area (Å²) in [5.74, 6) is 1.01. The van der Waals surface area contributed by atoms with Crippen molar-refractivity contribution in [2.24, 2.45) is 0 Å². The maximum absolute atomic E-state index is 5.47. The Kier molecular flexibility index (Phi) is 3.38. The molecule has 1 nitrogen and oxygen atoms in total. The molecule has 0 aliphatic heterocycles. The minimum Gasteiger partial charge on any atom is -0.494 e. The van der Waals surface area contributed by atoms with Gasteiger partial charge < -0.3 is 4.74 Å². The Morgan fingerprint density at radius 2 is 1.92 bits per heavy atom. The molecule has 0 aliphatic rings. The standard InChI is InChI=1S/C10H13IO/c1-4-12-10-6-5-9(11)7(2)8(10)3/h5-6H,4H2,1-3H3. The molecule has 0 spiro atoms. The molecule has 1 rings (SSSR count). The van der Waals surface area contributed by atoms with Crippen LogP contribution in [-0.4, -0.2) is 6.61 Å². The van der Waals surface area contributed by atoms with Crippen molar-refractivity contribution in [1.29, 1.82) is 0 Å². The first-order chi connectivity index (χ1) is 5.66. The molecule has 0 heterocycles. The summed E-state index contributed by atoms with van der Waals surface area (Å²) in [7, 11) is 0. The number of halogens is 1.